The van der Waals surface area contributed by atoms with Crippen LogP contribution in [0.4, 0.5) is 4.79 Å². The standard InChI is InChI=1S/C8H15N3O2/c9-8(12)11-3-1-10(2-4-11)7-5-13-6-7/h7H,1-6H2,(H2,9,12). The second-order valence-corrected chi connectivity index (χ2v) is 3.55. The van der Waals surface area contributed by atoms with Crippen molar-refractivity contribution in [1.82, 2.24) is 9.80 Å². The van der Waals surface area contributed by atoms with Crippen LogP contribution < -0.4 is 5.73 Å². The van der Waals surface area contributed by atoms with Crippen LogP contribution in [0.25, 0.3) is 0 Å². The van der Waals surface area contributed by atoms with E-state index in [1.807, 2.05) is 0 Å². The number of hydrogen-bond acceptors (Lipinski definition) is 3. The highest BCUT2D eigenvalue weighted by Gasteiger charge is 2.29. The van der Waals surface area contributed by atoms with E-state index in [1.165, 1.54) is 0 Å². The average molecular weight is 185 g/mol. The molecule has 0 radical (unpaired) electrons. The van der Waals surface area contributed by atoms with Crippen LogP contribution in [0.1, 0.15) is 0 Å². The van der Waals surface area contributed by atoms with Crippen molar-refractivity contribution in [2.45, 2.75) is 6.04 Å². The molecule has 2 N–H and O–H groups in total. The summed E-state index contributed by atoms with van der Waals surface area (Å²) in [5, 5.41) is 0. The number of nitrogens with zero attached hydrogens (tertiary/aromatic N) is 2. The molecule has 2 heterocycles. The van der Waals surface area contributed by atoms with Gasteiger partial charge in [0.15, 0.2) is 0 Å². The molecule has 2 fully saturated rings. The number of carbonyl (C=O) groups excluding carboxylic acids is 1. The third kappa shape index (κ3) is 1.76. The number of rotatable bonds is 1. The van der Waals surface area contributed by atoms with Crippen molar-refractivity contribution in [2.75, 3.05) is 39.4 Å². The van der Waals surface area contributed by atoms with Crippen molar-refractivity contribution in [3.8, 4) is 0 Å². The molecule has 0 aromatic carbocycles. The molecule has 5 nitrogen and oxygen atoms in total. The van der Waals surface area contributed by atoms with Gasteiger partial charge >= 0.3 is 6.03 Å². The molecule has 2 rings (SSSR count). The minimum Gasteiger partial charge on any atom is -0.378 e. The zero-order chi connectivity index (χ0) is 9.26. The molecule has 5 heteroatoms. The van der Waals surface area contributed by atoms with E-state index in [9.17, 15) is 4.79 Å². The lowest BCUT2D eigenvalue weighted by atomic mass is 10.2. The molecule has 0 bridgehead atoms. The Balaban J connectivity index is 1.78. The van der Waals surface area contributed by atoms with Gasteiger partial charge in [-0.1, -0.05) is 0 Å². The highest BCUT2D eigenvalue weighted by molar-refractivity contribution is 5.72. The smallest absolute Gasteiger partial charge is 0.314 e. The molecule has 0 atom stereocenters. The van der Waals surface area contributed by atoms with Gasteiger partial charge in [-0.15, -0.1) is 0 Å². The second-order valence-electron chi connectivity index (χ2n) is 3.55. The van der Waals surface area contributed by atoms with Gasteiger partial charge in [-0.2, -0.15) is 0 Å². The molecule has 0 unspecified atom stereocenters. The van der Waals surface area contributed by atoms with Gasteiger partial charge in [0.1, 0.15) is 0 Å². The highest BCUT2D eigenvalue weighted by atomic mass is 16.5. The summed E-state index contributed by atoms with van der Waals surface area (Å²) in [5.74, 6) is 0. The van der Waals surface area contributed by atoms with Crippen molar-refractivity contribution in [2.24, 2.45) is 5.73 Å². The maximum absolute atomic E-state index is 10.8. The number of carbonyl (C=O) groups is 1. The van der Waals surface area contributed by atoms with Gasteiger partial charge in [0, 0.05) is 26.2 Å². The Morgan fingerprint density at radius 2 is 1.85 bits per heavy atom. The second kappa shape index (κ2) is 3.51. The van der Waals surface area contributed by atoms with Crippen LogP contribution in [-0.4, -0.2) is 61.3 Å². The van der Waals surface area contributed by atoms with Crippen molar-refractivity contribution in [1.29, 1.82) is 0 Å². The number of piperazine rings is 1. The van der Waals surface area contributed by atoms with Crippen LogP contribution in [0.2, 0.25) is 0 Å². The number of ether oxygens (including phenoxy) is 1. The van der Waals surface area contributed by atoms with Gasteiger partial charge in [0.05, 0.1) is 19.3 Å². The maximum Gasteiger partial charge on any atom is 0.314 e. The summed E-state index contributed by atoms with van der Waals surface area (Å²) in [6, 6.07) is 0.277. The minimum absolute atomic E-state index is 0.301. The summed E-state index contributed by atoms with van der Waals surface area (Å²) in [6.07, 6.45) is 0. The van der Waals surface area contributed by atoms with Crippen molar-refractivity contribution in [3.63, 3.8) is 0 Å². The first-order valence-electron chi connectivity index (χ1n) is 4.63. The first-order valence-corrected chi connectivity index (χ1v) is 4.63. The molecule has 0 aliphatic carbocycles. The lowest BCUT2D eigenvalue weighted by Gasteiger charge is -2.42. The summed E-state index contributed by atoms with van der Waals surface area (Å²) in [5.41, 5.74) is 5.18. The van der Waals surface area contributed by atoms with Gasteiger partial charge in [-0.3, -0.25) is 4.90 Å². The first-order chi connectivity index (χ1) is 6.27. The molecule has 0 saturated carbocycles. The molecule has 2 saturated heterocycles. The lowest BCUT2D eigenvalue weighted by molar-refractivity contribution is -0.0737. The quantitative estimate of drug-likeness (QED) is 0.575. The third-order valence-corrected chi connectivity index (χ3v) is 2.76. The fraction of sp³-hybridized carbons (Fsp3) is 0.875. The third-order valence-electron chi connectivity index (χ3n) is 2.76. The number of urea groups is 1. The zero-order valence-corrected chi connectivity index (χ0v) is 7.61. The molecule has 2 amide bonds. The normalized spacial score (nSPS) is 25.7. The van der Waals surface area contributed by atoms with Crippen LogP contribution >= 0.6 is 0 Å². The molecule has 0 spiro atoms. The predicted molar refractivity (Wildman–Crippen MR) is 47.3 cm³/mol. The van der Waals surface area contributed by atoms with E-state index in [0.29, 0.717) is 6.04 Å². The van der Waals surface area contributed by atoms with E-state index in [2.05, 4.69) is 4.90 Å². The molecule has 2 aliphatic heterocycles. The summed E-state index contributed by atoms with van der Waals surface area (Å²) >= 11 is 0. The summed E-state index contributed by atoms with van der Waals surface area (Å²) < 4.78 is 5.12. The van der Waals surface area contributed by atoms with Crippen molar-refractivity contribution in [3.05, 3.63) is 0 Å². The Bertz CT molecular complexity index is 198. The Hall–Kier alpha value is -0.810. The Morgan fingerprint density at radius 1 is 1.23 bits per heavy atom. The Labute approximate surface area is 77.4 Å². The lowest BCUT2D eigenvalue weighted by Crippen LogP contribution is -2.58. The SMILES string of the molecule is NC(=O)N1CCN(C2COC2)CC1. The van der Waals surface area contributed by atoms with Crippen molar-refractivity contribution >= 4 is 6.03 Å². The largest absolute Gasteiger partial charge is 0.378 e. The van der Waals surface area contributed by atoms with Gasteiger partial charge in [-0.25, -0.2) is 4.79 Å². The maximum atomic E-state index is 10.8. The van der Waals surface area contributed by atoms with Gasteiger partial charge < -0.3 is 15.4 Å². The highest BCUT2D eigenvalue weighted by Crippen LogP contribution is 2.12. The number of nitrogens with two attached hydrogens (primary N) is 1. The predicted octanol–water partition coefficient (Wildman–Crippen LogP) is -0.918. The first kappa shape index (κ1) is 8.77. The van der Waals surface area contributed by atoms with Gasteiger partial charge in [0.2, 0.25) is 0 Å². The van der Waals surface area contributed by atoms with Crippen LogP contribution in [0.3, 0.4) is 0 Å². The monoisotopic (exact) mass is 185 g/mol. The summed E-state index contributed by atoms with van der Waals surface area (Å²) in [6.45, 7) is 5.05. The van der Waals surface area contributed by atoms with Crippen LogP contribution in [0, 0.1) is 0 Å². The molecule has 2 aliphatic rings. The molecule has 0 aromatic heterocycles. The molecule has 13 heavy (non-hydrogen) atoms. The van der Waals surface area contributed by atoms with Gasteiger partial charge in [0.25, 0.3) is 0 Å². The summed E-state index contributed by atoms with van der Waals surface area (Å²) in [4.78, 5) is 14.9. The van der Waals surface area contributed by atoms with E-state index in [-0.39, 0.29) is 6.03 Å². The Morgan fingerprint density at radius 3 is 2.23 bits per heavy atom. The molecular formula is C8H15N3O2. The fourth-order valence-electron chi connectivity index (χ4n) is 1.74. The molecule has 0 aromatic rings. The fourth-order valence-corrected chi connectivity index (χ4v) is 1.74. The van der Waals surface area contributed by atoms with Crippen LogP contribution in [0.15, 0.2) is 0 Å². The van der Waals surface area contributed by atoms with E-state index < -0.39 is 0 Å². The molecular weight excluding hydrogens is 170 g/mol. The van der Waals surface area contributed by atoms with Crippen LogP contribution in [-0.2, 0) is 4.74 Å². The van der Waals surface area contributed by atoms with E-state index >= 15 is 0 Å². The van der Waals surface area contributed by atoms with E-state index in [0.717, 1.165) is 39.4 Å². The average Bonchev–Trinajstić information content (AvgIpc) is 2.02. The van der Waals surface area contributed by atoms with E-state index in [1.54, 1.807) is 4.90 Å². The minimum atomic E-state index is -0.301. The number of amides is 2. The van der Waals surface area contributed by atoms with Crippen molar-refractivity contribution < 1.29 is 9.53 Å². The zero-order valence-electron chi connectivity index (χ0n) is 7.61. The van der Waals surface area contributed by atoms with E-state index in [4.69, 9.17) is 10.5 Å². The summed E-state index contributed by atoms with van der Waals surface area (Å²) in [7, 11) is 0. The molecule has 74 valence electrons. The topological polar surface area (TPSA) is 58.8 Å². The van der Waals surface area contributed by atoms with Gasteiger partial charge in [-0.05, 0) is 0 Å². The Kier molecular flexibility index (Phi) is 2.37. The van der Waals surface area contributed by atoms with Crippen LogP contribution in [0.5, 0.6) is 0 Å². The number of hydrogen-bond donors (Lipinski definition) is 1. The number of primary amides is 1.